The molecule has 6 nitrogen and oxygen atoms in total. The van der Waals surface area contributed by atoms with E-state index in [4.69, 9.17) is 5.11 Å². The molecule has 0 aromatic heterocycles. The van der Waals surface area contributed by atoms with Crippen LogP contribution >= 0.6 is 0 Å². The smallest absolute Gasteiger partial charge is 0.345 e. The number of aromatic hydroxyl groups is 2. The standard InChI is InChI=1S/C12H12O6/c1-17-11(15)8(12(16)18-2)5-7-3-4-9(13)10(14)6-7/h3-6,13-14H,1-2H3. The summed E-state index contributed by atoms with van der Waals surface area (Å²) in [5.74, 6) is -2.37. The fourth-order valence-electron chi connectivity index (χ4n) is 1.22. The second kappa shape index (κ2) is 5.72. The summed E-state index contributed by atoms with van der Waals surface area (Å²) in [5, 5.41) is 18.4. The SMILES string of the molecule is COC(=O)C(=Cc1ccc(O)c(O)c1)C(=O)OC. The molecule has 0 unspecified atom stereocenters. The Kier molecular flexibility index (Phi) is 4.31. The monoisotopic (exact) mass is 252 g/mol. The maximum atomic E-state index is 11.4. The van der Waals surface area contributed by atoms with Crippen LogP contribution in [-0.4, -0.2) is 36.4 Å². The molecule has 0 spiro atoms. The summed E-state index contributed by atoms with van der Waals surface area (Å²) in [4.78, 5) is 22.7. The Balaban J connectivity index is 3.19. The zero-order valence-electron chi connectivity index (χ0n) is 9.84. The van der Waals surface area contributed by atoms with Crippen molar-refractivity contribution in [3.8, 4) is 11.5 Å². The average Bonchev–Trinajstić information content (AvgIpc) is 2.38. The van der Waals surface area contributed by atoms with Crippen LogP contribution in [-0.2, 0) is 19.1 Å². The molecule has 1 rings (SSSR count). The molecule has 0 amide bonds. The van der Waals surface area contributed by atoms with E-state index in [2.05, 4.69) is 9.47 Å². The van der Waals surface area contributed by atoms with Crippen molar-refractivity contribution < 1.29 is 29.3 Å². The van der Waals surface area contributed by atoms with Gasteiger partial charge in [0, 0.05) is 0 Å². The highest BCUT2D eigenvalue weighted by atomic mass is 16.5. The predicted octanol–water partition coefficient (Wildman–Crippen LogP) is 0.827. The lowest BCUT2D eigenvalue weighted by atomic mass is 10.1. The lowest BCUT2D eigenvalue weighted by molar-refractivity contribution is -0.143. The Hall–Kier alpha value is -2.50. The van der Waals surface area contributed by atoms with Gasteiger partial charge in [-0.2, -0.15) is 0 Å². The van der Waals surface area contributed by atoms with E-state index < -0.39 is 11.9 Å². The lowest BCUT2D eigenvalue weighted by Crippen LogP contribution is -2.15. The fraction of sp³-hybridized carbons (Fsp3) is 0.167. The lowest BCUT2D eigenvalue weighted by Gasteiger charge is -2.04. The van der Waals surface area contributed by atoms with Crippen LogP contribution in [0.3, 0.4) is 0 Å². The molecule has 2 N–H and O–H groups in total. The third-order valence-corrected chi connectivity index (χ3v) is 2.12. The molecule has 1 aromatic carbocycles. The largest absolute Gasteiger partial charge is 0.504 e. The maximum absolute atomic E-state index is 11.4. The minimum Gasteiger partial charge on any atom is -0.504 e. The molecule has 0 fully saturated rings. The van der Waals surface area contributed by atoms with Gasteiger partial charge < -0.3 is 19.7 Å². The Morgan fingerprint density at radius 3 is 2.06 bits per heavy atom. The van der Waals surface area contributed by atoms with Gasteiger partial charge in [0.05, 0.1) is 14.2 Å². The number of carbonyl (C=O) groups excluding carboxylic acids is 2. The first kappa shape index (κ1) is 13.6. The third kappa shape index (κ3) is 3.00. The van der Waals surface area contributed by atoms with E-state index in [0.29, 0.717) is 5.56 Å². The Morgan fingerprint density at radius 1 is 1.06 bits per heavy atom. The fourth-order valence-corrected chi connectivity index (χ4v) is 1.22. The van der Waals surface area contributed by atoms with Gasteiger partial charge in [-0.15, -0.1) is 0 Å². The molecule has 0 atom stereocenters. The summed E-state index contributed by atoms with van der Waals surface area (Å²) in [5.41, 5.74) is 0.0289. The van der Waals surface area contributed by atoms with E-state index in [1.165, 1.54) is 24.3 Å². The van der Waals surface area contributed by atoms with E-state index in [1.54, 1.807) is 0 Å². The molecule has 96 valence electrons. The van der Waals surface area contributed by atoms with Crippen LogP contribution in [0, 0.1) is 0 Å². The summed E-state index contributed by atoms with van der Waals surface area (Å²) in [6.45, 7) is 0. The normalized spacial score (nSPS) is 9.44. The van der Waals surface area contributed by atoms with Crippen LogP contribution in [0.1, 0.15) is 5.56 Å². The topological polar surface area (TPSA) is 93.1 Å². The van der Waals surface area contributed by atoms with Crippen LogP contribution in [0.25, 0.3) is 6.08 Å². The van der Waals surface area contributed by atoms with Gasteiger partial charge in [-0.3, -0.25) is 0 Å². The molecule has 1 aromatic rings. The number of carbonyl (C=O) groups is 2. The second-order valence-corrected chi connectivity index (χ2v) is 3.29. The van der Waals surface area contributed by atoms with Crippen LogP contribution < -0.4 is 0 Å². The highest BCUT2D eigenvalue weighted by molar-refractivity contribution is 6.17. The summed E-state index contributed by atoms with van der Waals surface area (Å²) < 4.78 is 8.88. The number of phenolic OH excluding ortho intramolecular Hbond substituents is 2. The van der Waals surface area contributed by atoms with Crippen molar-refractivity contribution in [2.24, 2.45) is 0 Å². The van der Waals surface area contributed by atoms with Crippen molar-refractivity contribution in [1.29, 1.82) is 0 Å². The van der Waals surface area contributed by atoms with Gasteiger partial charge in [-0.05, 0) is 23.8 Å². The van der Waals surface area contributed by atoms with Crippen molar-refractivity contribution in [3.05, 3.63) is 29.3 Å². The average molecular weight is 252 g/mol. The number of rotatable bonds is 3. The van der Waals surface area contributed by atoms with E-state index in [1.807, 2.05) is 0 Å². The van der Waals surface area contributed by atoms with Crippen LogP contribution in [0.5, 0.6) is 11.5 Å². The Bertz CT molecular complexity index is 485. The molecule has 18 heavy (non-hydrogen) atoms. The van der Waals surface area contributed by atoms with Gasteiger partial charge in [0.1, 0.15) is 5.57 Å². The predicted molar refractivity (Wildman–Crippen MR) is 61.8 cm³/mol. The summed E-state index contributed by atoms with van der Waals surface area (Å²) in [7, 11) is 2.26. The van der Waals surface area contributed by atoms with Gasteiger partial charge in [0.2, 0.25) is 0 Å². The summed E-state index contributed by atoms with van der Waals surface area (Å²) >= 11 is 0. The summed E-state index contributed by atoms with van der Waals surface area (Å²) in [6.07, 6.45) is 1.19. The number of hydrogen-bond donors (Lipinski definition) is 2. The van der Waals surface area contributed by atoms with Gasteiger partial charge in [0.25, 0.3) is 0 Å². The molecule has 0 bridgehead atoms. The third-order valence-electron chi connectivity index (χ3n) is 2.12. The van der Waals surface area contributed by atoms with Crippen molar-refractivity contribution in [2.75, 3.05) is 14.2 Å². The minimum absolute atomic E-state index is 0.301. The van der Waals surface area contributed by atoms with E-state index in [9.17, 15) is 14.7 Å². The quantitative estimate of drug-likeness (QED) is 0.272. The molecular formula is C12H12O6. The van der Waals surface area contributed by atoms with Crippen molar-refractivity contribution >= 4 is 18.0 Å². The maximum Gasteiger partial charge on any atom is 0.345 e. The first-order valence-corrected chi connectivity index (χ1v) is 4.90. The van der Waals surface area contributed by atoms with Gasteiger partial charge in [-0.25, -0.2) is 9.59 Å². The number of esters is 2. The Labute approximate surface area is 103 Å². The molecule has 0 saturated carbocycles. The zero-order valence-corrected chi connectivity index (χ0v) is 9.84. The van der Waals surface area contributed by atoms with Crippen molar-refractivity contribution in [3.63, 3.8) is 0 Å². The molecule has 6 heteroatoms. The number of ether oxygens (including phenoxy) is 2. The first-order chi connectivity index (χ1) is 8.49. The van der Waals surface area contributed by atoms with Crippen molar-refractivity contribution in [2.45, 2.75) is 0 Å². The van der Waals surface area contributed by atoms with Gasteiger partial charge in [-0.1, -0.05) is 6.07 Å². The number of benzene rings is 1. The highest BCUT2D eigenvalue weighted by Crippen LogP contribution is 2.26. The van der Waals surface area contributed by atoms with E-state index in [0.717, 1.165) is 14.2 Å². The zero-order chi connectivity index (χ0) is 13.7. The van der Waals surface area contributed by atoms with Gasteiger partial charge >= 0.3 is 11.9 Å². The molecule has 0 radical (unpaired) electrons. The minimum atomic E-state index is -0.852. The first-order valence-electron chi connectivity index (χ1n) is 4.90. The molecule has 0 aliphatic heterocycles. The van der Waals surface area contributed by atoms with E-state index >= 15 is 0 Å². The number of methoxy groups -OCH3 is 2. The van der Waals surface area contributed by atoms with Crippen molar-refractivity contribution in [1.82, 2.24) is 0 Å². The van der Waals surface area contributed by atoms with E-state index in [-0.39, 0.29) is 17.1 Å². The highest BCUT2D eigenvalue weighted by Gasteiger charge is 2.19. The van der Waals surface area contributed by atoms with Crippen LogP contribution in [0.4, 0.5) is 0 Å². The van der Waals surface area contributed by atoms with Gasteiger partial charge in [0.15, 0.2) is 11.5 Å². The molecule has 0 aliphatic rings. The molecular weight excluding hydrogens is 240 g/mol. The molecule has 0 heterocycles. The molecule has 0 saturated heterocycles. The Morgan fingerprint density at radius 2 is 1.61 bits per heavy atom. The van der Waals surface area contributed by atoms with Crippen LogP contribution in [0.15, 0.2) is 23.8 Å². The second-order valence-electron chi connectivity index (χ2n) is 3.29. The number of hydrogen-bond acceptors (Lipinski definition) is 6. The molecule has 0 aliphatic carbocycles. The summed E-state index contributed by atoms with van der Waals surface area (Å²) in [6, 6.07) is 3.84. The number of phenols is 2. The van der Waals surface area contributed by atoms with Crippen LogP contribution in [0.2, 0.25) is 0 Å².